The maximum atomic E-state index is 13.3. The molecular weight excluding hydrogens is 470 g/mol. The Kier molecular flexibility index (Phi) is 6.95. The van der Waals surface area contributed by atoms with Crippen molar-refractivity contribution in [2.75, 3.05) is 13.2 Å². The number of nitrogens with one attached hydrogen (secondary N) is 2. The molecule has 3 fully saturated rings. The third-order valence-corrected chi connectivity index (χ3v) is 6.81. The van der Waals surface area contributed by atoms with Gasteiger partial charge in [0.2, 0.25) is 0 Å². The van der Waals surface area contributed by atoms with Crippen molar-refractivity contribution in [1.29, 1.82) is 0 Å². The van der Waals surface area contributed by atoms with E-state index in [0.717, 1.165) is 12.1 Å². The third kappa shape index (κ3) is 5.42. The van der Waals surface area contributed by atoms with Crippen molar-refractivity contribution in [2.24, 2.45) is 0 Å². The monoisotopic (exact) mass is 494 g/mol. The molecule has 10 heteroatoms. The van der Waals surface area contributed by atoms with Gasteiger partial charge in [-0.1, -0.05) is 11.6 Å². The van der Waals surface area contributed by atoms with Crippen LogP contribution in [0.25, 0.3) is 0 Å². The molecule has 7 nitrogen and oxygen atoms in total. The SMILES string of the molecule is O=C(COc1ccc(F)c(F)c1)NC12CCC(NC(=O)COc3ccc(Cl)cc3)(CC1)[C@@H](O)C2. The molecule has 3 aliphatic carbocycles. The van der Waals surface area contributed by atoms with Crippen LogP contribution in [0.5, 0.6) is 11.5 Å². The van der Waals surface area contributed by atoms with Crippen molar-refractivity contribution in [2.45, 2.75) is 49.3 Å². The van der Waals surface area contributed by atoms with Crippen molar-refractivity contribution < 1.29 is 33.0 Å². The summed E-state index contributed by atoms with van der Waals surface area (Å²) in [5, 5.41) is 17.3. The maximum Gasteiger partial charge on any atom is 0.258 e. The highest BCUT2D eigenvalue weighted by Crippen LogP contribution is 2.47. The van der Waals surface area contributed by atoms with Crippen LogP contribution in [0.15, 0.2) is 42.5 Å². The predicted octanol–water partition coefficient (Wildman–Crippen LogP) is 3.12. The van der Waals surface area contributed by atoms with E-state index in [4.69, 9.17) is 21.1 Å². The molecule has 0 aliphatic heterocycles. The van der Waals surface area contributed by atoms with Gasteiger partial charge in [0.05, 0.1) is 11.6 Å². The summed E-state index contributed by atoms with van der Waals surface area (Å²) in [6.07, 6.45) is 1.55. The van der Waals surface area contributed by atoms with Gasteiger partial charge in [-0.2, -0.15) is 0 Å². The molecule has 1 atom stereocenters. The van der Waals surface area contributed by atoms with Crippen molar-refractivity contribution in [1.82, 2.24) is 10.6 Å². The van der Waals surface area contributed by atoms with Gasteiger partial charge in [0.25, 0.3) is 11.8 Å². The van der Waals surface area contributed by atoms with Crippen LogP contribution in [-0.4, -0.2) is 47.3 Å². The Hall–Kier alpha value is -2.91. The number of halogens is 3. The highest BCUT2D eigenvalue weighted by atomic mass is 35.5. The number of aliphatic hydroxyl groups is 1. The number of carbonyl (C=O) groups excluding carboxylic acids is 2. The number of ether oxygens (including phenoxy) is 2. The third-order valence-electron chi connectivity index (χ3n) is 6.56. The van der Waals surface area contributed by atoms with E-state index in [-0.39, 0.29) is 31.3 Å². The molecule has 2 bridgehead atoms. The first kappa shape index (κ1) is 24.2. The first-order chi connectivity index (χ1) is 16.2. The van der Waals surface area contributed by atoms with Crippen LogP contribution in [0.2, 0.25) is 5.02 Å². The first-order valence-electron chi connectivity index (χ1n) is 11.0. The Morgan fingerprint density at radius 2 is 1.50 bits per heavy atom. The minimum absolute atomic E-state index is 0.0430. The molecule has 2 aromatic carbocycles. The molecule has 3 aliphatic rings. The smallest absolute Gasteiger partial charge is 0.258 e. The fourth-order valence-electron chi connectivity index (χ4n) is 4.70. The quantitative estimate of drug-likeness (QED) is 0.524. The predicted molar refractivity (Wildman–Crippen MR) is 120 cm³/mol. The molecule has 34 heavy (non-hydrogen) atoms. The molecule has 0 spiro atoms. The molecule has 2 amide bonds. The summed E-state index contributed by atoms with van der Waals surface area (Å²) in [6.45, 7) is -0.563. The van der Waals surface area contributed by atoms with Gasteiger partial charge < -0.3 is 25.2 Å². The average Bonchev–Trinajstić information content (AvgIpc) is 2.81. The second-order valence-corrected chi connectivity index (χ2v) is 9.30. The zero-order chi connectivity index (χ0) is 24.3. The minimum atomic E-state index is -1.06. The summed E-state index contributed by atoms with van der Waals surface area (Å²) in [7, 11) is 0. The van der Waals surface area contributed by atoms with Crippen LogP contribution >= 0.6 is 11.6 Å². The lowest BCUT2D eigenvalue weighted by molar-refractivity contribution is -0.137. The van der Waals surface area contributed by atoms with Crippen LogP contribution in [0.1, 0.15) is 32.1 Å². The first-order valence-corrected chi connectivity index (χ1v) is 11.3. The molecule has 0 radical (unpaired) electrons. The van der Waals surface area contributed by atoms with Crippen molar-refractivity contribution in [3.8, 4) is 11.5 Å². The van der Waals surface area contributed by atoms with Gasteiger partial charge in [-0.25, -0.2) is 8.78 Å². The number of carbonyl (C=O) groups is 2. The van der Waals surface area contributed by atoms with E-state index in [9.17, 15) is 23.5 Å². The van der Waals surface area contributed by atoms with Gasteiger partial charge in [-0.05, 0) is 68.5 Å². The fraction of sp³-hybridized carbons (Fsp3) is 0.417. The molecule has 3 N–H and O–H groups in total. The van der Waals surface area contributed by atoms with Crippen molar-refractivity contribution in [3.63, 3.8) is 0 Å². The molecule has 0 aromatic heterocycles. The van der Waals surface area contributed by atoms with Crippen LogP contribution in [0.3, 0.4) is 0 Å². The Morgan fingerprint density at radius 3 is 2.12 bits per heavy atom. The number of fused-ring (bicyclic) bond motifs is 3. The van der Waals surface area contributed by atoms with Crippen molar-refractivity contribution in [3.05, 3.63) is 59.1 Å². The lowest BCUT2D eigenvalue weighted by atomic mass is 9.60. The highest BCUT2D eigenvalue weighted by molar-refractivity contribution is 6.30. The number of rotatable bonds is 8. The molecule has 2 aromatic rings. The lowest BCUT2D eigenvalue weighted by Gasteiger charge is -2.56. The summed E-state index contributed by atoms with van der Waals surface area (Å²) < 4.78 is 37.0. The van der Waals surface area contributed by atoms with Gasteiger partial charge in [0.15, 0.2) is 24.8 Å². The van der Waals surface area contributed by atoms with E-state index >= 15 is 0 Å². The van der Waals surface area contributed by atoms with E-state index in [1.165, 1.54) is 6.07 Å². The van der Waals surface area contributed by atoms with Crippen molar-refractivity contribution >= 4 is 23.4 Å². The Morgan fingerprint density at radius 1 is 0.912 bits per heavy atom. The zero-order valence-electron chi connectivity index (χ0n) is 18.3. The second-order valence-electron chi connectivity index (χ2n) is 8.86. The van der Waals surface area contributed by atoms with E-state index in [1.54, 1.807) is 24.3 Å². The number of hydrogen-bond acceptors (Lipinski definition) is 5. The summed E-state index contributed by atoms with van der Waals surface area (Å²) in [6, 6.07) is 9.69. The normalized spacial score (nSPS) is 25.5. The largest absolute Gasteiger partial charge is 0.484 e. The van der Waals surface area contributed by atoms with Crippen LogP contribution in [0.4, 0.5) is 8.78 Å². The molecule has 5 rings (SSSR count). The summed E-state index contributed by atoms with van der Waals surface area (Å²) in [4.78, 5) is 24.9. The van der Waals surface area contributed by atoms with Crippen LogP contribution in [0, 0.1) is 11.6 Å². The Balaban J connectivity index is 1.27. The van der Waals surface area contributed by atoms with Gasteiger partial charge in [-0.3, -0.25) is 9.59 Å². The lowest BCUT2D eigenvalue weighted by Crippen LogP contribution is -2.70. The summed E-state index contributed by atoms with van der Waals surface area (Å²) in [5.41, 5.74) is -1.38. The molecule has 3 saturated carbocycles. The van der Waals surface area contributed by atoms with Gasteiger partial charge >= 0.3 is 0 Å². The Bertz CT molecular complexity index is 1060. The average molecular weight is 495 g/mol. The standard InChI is InChI=1S/C24H25ClF2N2O5/c25-15-1-3-16(4-2-15)33-14-22(32)29-24-9-7-23(8-10-24,12-20(24)30)28-21(31)13-34-17-5-6-18(26)19(27)11-17/h1-6,11,20,30H,7-10,12-14H2,(H,28,31)(H,29,32)/t20-,23?,24?/m0/s1. The zero-order valence-corrected chi connectivity index (χ0v) is 19.0. The van der Waals surface area contributed by atoms with Crippen LogP contribution in [-0.2, 0) is 9.59 Å². The van der Waals surface area contributed by atoms with Crippen LogP contribution < -0.4 is 20.1 Å². The minimum Gasteiger partial charge on any atom is -0.484 e. The van der Waals surface area contributed by atoms with E-state index in [0.29, 0.717) is 36.5 Å². The van der Waals surface area contributed by atoms with Gasteiger partial charge in [0, 0.05) is 16.6 Å². The van der Waals surface area contributed by atoms with E-state index < -0.39 is 34.7 Å². The van der Waals surface area contributed by atoms with E-state index in [2.05, 4.69) is 10.6 Å². The fourth-order valence-corrected chi connectivity index (χ4v) is 4.83. The van der Waals surface area contributed by atoms with E-state index in [1.807, 2.05) is 0 Å². The van der Waals surface area contributed by atoms with Gasteiger partial charge in [-0.15, -0.1) is 0 Å². The Labute approximate surface area is 200 Å². The maximum absolute atomic E-state index is 13.3. The summed E-state index contributed by atoms with van der Waals surface area (Å²) in [5.74, 6) is -2.27. The molecule has 0 heterocycles. The number of amides is 2. The second kappa shape index (κ2) is 9.76. The molecule has 0 unspecified atom stereocenters. The number of benzene rings is 2. The molecule has 182 valence electrons. The molecular formula is C24H25ClF2N2O5. The summed E-state index contributed by atoms with van der Waals surface area (Å²) >= 11 is 5.84. The molecule has 0 saturated heterocycles. The van der Waals surface area contributed by atoms with Gasteiger partial charge in [0.1, 0.15) is 11.5 Å². The highest BCUT2D eigenvalue weighted by Gasteiger charge is 2.55. The number of hydrogen-bond donors (Lipinski definition) is 3. The topological polar surface area (TPSA) is 96.9 Å². The number of aliphatic hydroxyl groups excluding tert-OH is 1.